The largest absolute Gasteiger partial charge is 0.457 e. The van der Waals surface area contributed by atoms with Crippen molar-refractivity contribution in [3.05, 3.63) is 82.5 Å². The minimum atomic E-state index is -0.111. The number of piperidine rings is 1. The topological polar surface area (TPSA) is 58.4 Å². The van der Waals surface area contributed by atoms with Crippen molar-refractivity contribution in [1.82, 2.24) is 9.88 Å². The quantitative estimate of drug-likeness (QED) is 0.423. The molecule has 1 amide bonds. The number of aromatic nitrogens is 1. The van der Waals surface area contributed by atoms with Crippen molar-refractivity contribution in [2.75, 3.05) is 18.4 Å². The van der Waals surface area contributed by atoms with Crippen LogP contribution in [0.3, 0.4) is 0 Å². The van der Waals surface area contributed by atoms with Gasteiger partial charge in [0.1, 0.15) is 5.58 Å². The van der Waals surface area contributed by atoms with E-state index >= 15 is 0 Å². The summed E-state index contributed by atoms with van der Waals surface area (Å²) in [4.78, 5) is 20.5. The summed E-state index contributed by atoms with van der Waals surface area (Å²) >= 11 is 1.43. The minimum absolute atomic E-state index is 0.104. The van der Waals surface area contributed by atoms with Gasteiger partial charge >= 0.3 is 0 Å². The second-order valence-electron chi connectivity index (χ2n) is 8.18. The zero-order chi connectivity index (χ0) is 21.2. The second-order valence-corrected chi connectivity index (χ2v) is 9.12. The molecule has 1 aliphatic heterocycles. The first-order valence-corrected chi connectivity index (χ1v) is 11.6. The van der Waals surface area contributed by atoms with Crippen molar-refractivity contribution < 1.29 is 9.21 Å². The number of benzene rings is 1. The first-order valence-electron chi connectivity index (χ1n) is 10.7. The molecule has 0 spiro atoms. The number of thiophene rings is 1. The number of likely N-dealkylation sites (tertiary alicyclic amines) is 1. The molecule has 1 saturated heterocycles. The summed E-state index contributed by atoms with van der Waals surface area (Å²) < 4.78 is 6.43. The number of hydrogen-bond donors (Lipinski definition) is 1. The van der Waals surface area contributed by atoms with E-state index in [0.717, 1.165) is 59.8 Å². The lowest BCUT2D eigenvalue weighted by atomic mass is 9.94. The van der Waals surface area contributed by atoms with Gasteiger partial charge in [0.25, 0.3) is 5.91 Å². The predicted molar refractivity (Wildman–Crippen MR) is 125 cm³/mol. The molecular formula is C25H25N3O2S. The number of furan rings is 1. The molecule has 0 aliphatic carbocycles. The standard InChI is InChI=1S/C25H25N3O2S/c1-17-10-13-28(14-11-17)23(18-6-4-12-26-16-18)24-22(19-7-2-3-8-20(19)30-24)27-25(29)21-9-5-15-31-21/h2-9,12,15-17,23H,10-11,13-14H2,1H3,(H,27,29). The van der Waals surface area contributed by atoms with Crippen LogP contribution in [0.25, 0.3) is 11.0 Å². The summed E-state index contributed by atoms with van der Waals surface area (Å²) in [7, 11) is 0. The van der Waals surface area contributed by atoms with E-state index in [4.69, 9.17) is 4.42 Å². The molecule has 1 unspecified atom stereocenters. The lowest BCUT2D eigenvalue weighted by molar-refractivity contribution is 0.102. The van der Waals surface area contributed by atoms with Gasteiger partial charge in [0.2, 0.25) is 0 Å². The number of pyridine rings is 1. The van der Waals surface area contributed by atoms with Crippen molar-refractivity contribution in [3.8, 4) is 0 Å². The molecule has 1 aromatic carbocycles. The zero-order valence-corrected chi connectivity index (χ0v) is 18.3. The first-order chi connectivity index (χ1) is 15.2. The van der Waals surface area contributed by atoms with E-state index in [1.54, 1.807) is 6.20 Å². The predicted octanol–water partition coefficient (Wildman–Crippen LogP) is 5.96. The SMILES string of the molecule is CC1CCN(C(c2cccnc2)c2oc3ccccc3c2NC(=O)c2cccs2)CC1. The number of nitrogens with one attached hydrogen (secondary N) is 1. The molecule has 31 heavy (non-hydrogen) atoms. The van der Waals surface area contributed by atoms with E-state index in [-0.39, 0.29) is 11.9 Å². The average Bonchev–Trinajstić information content (AvgIpc) is 3.45. The summed E-state index contributed by atoms with van der Waals surface area (Å²) in [5, 5.41) is 6.00. The molecular weight excluding hydrogens is 406 g/mol. The molecule has 5 rings (SSSR count). The number of fused-ring (bicyclic) bond motifs is 1. The lowest BCUT2D eigenvalue weighted by Gasteiger charge is -2.36. The summed E-state index contributed by atoms with van der Waals surface area (Å²) in [6.45, 7) is 4.27. The Hall–Kier alpha value is -2.96. The Labute approximate surface area is 185 Å². The smallest absolute Gasteiger partial charge is 0.265 e. The Morgan fingerprint density at radius 2 is 2.00 bits per heavy atom. The van der Waals surface area contributed by atoms with Gasteiger partial charge in [0.05, 0.1) is 16.6 Å². The van der Waals surface area contributed by atoms with Crippen LogP contribution in [-0.4, -0.2) is 28.9 Å². The molecule has 6 heteroatoms. The maximum atomic E-state index is 13.0. The fourth-order valence-corrected chi connectivity index (χ4v) is 4.94. The molecule has 4 aromatic rings. The number of anilines is 1. The highest BCUT2D eigenvalue weighted by Gasteiger charge is 2.32. The Bertz CT molecular complexity index is 1160. The lowest BCUT2D eigenvalue weighted by Crippen LogP contribution is -2.37. The molecule has 158 valence electrons. The Kier molecular flexibility index (Phi) is 5.57. The van der Waals surface area contributed by atoms with Crippen LogP contribution in [0.1, 0.15) is 46.8 Å². The van der Waals surface area contributed by atoms with Crippen molar-refractivity contribution in [3.63, 3.8) is 0 Å². The maximum Gasteiger partial charge on any atom is 0.265 e. The van der Waals surface area contributed by atoms with Gasteiger partial charge in [0.15, 0.2) is 5.76 Å². The van der Waals surface area contributed by atoms with E-state index in [2.05, 4.69) is 28.2 Å². The molecule has 1 atom stereocenters. The zero-order valence-electron chi connectivity index (χ0n) is 17.5. The van der Waals surface area contributed by atoms with Crippen molar-refractivity contribution in [2.45, 2.75) is 25.8 Å². The summed E-state index contributed by atoms with van der Waals surface area (Å²) in [5.41, 5.74) is 2.60. The summed E-state index contributed by atoms with van der Waals surface area (Å²) in [5.74, 6) is 1.38. The van der Waals surface area contributed by atoms with Crippen LogP contribution in [-0.2, 0) is 0 Å². The van der Waals surface area contributed by atoms with Gasteiger partial charge in [-0.1, -0.05) is 31.2 Å². The number of hydrogen-bond acceptors (Lipinski definition) is 5. The highest BCUT2D eigenvalue weighted by Crippen LogP contribution is 2.41. The molecule has 3 aromatic heterocycles. The number of carbonyl (C=O) groups is 1. The Balaban J connectivity index is 1.62. The van der Waals surface area contributed by atoms with E-state index in [1.807, 2.05) is 54.0 Å². The van der Waals surface area contributed by atoms with Crippen molar-refractivity contribution in [1.29, 1.82) is 0 Å². The number of nitrogens with zero attached hydrogens (tertiary/aromatic N) is 2. The van der Waals surface area contributed by atoms with Crippen LogP contribution in [0, 0.1) is 5.92 Å². The van der Waals surface area contributed by atoms with E-state index < -0.39 is 0 Å². The Morgan fingerprint density at radius 3 is 2.74 bits per heavy atom. The minimum Gasteiger partial charge on any atom is -0.457 e. The van der Waals surface area contributed by atoms with Crippen LogP contribution >= 0.6 is 11.3 Å². The maximum absolute atomic E-state index is 13.0. The summed E-state index contributed by atoms with van der Waals surface area (Å²) in [6, 6.07) is 15.6. The molecule has 1 fully saturated rings. The number of rotatable bonds is 5. The monoisotopic (exact) mass is 431 g/mol. The van der Waals surface area contributed by atoms with Crippen LogP contribution in [0.5, 0.6) is 0 Å². The van der Waals surface area contributed by atoms with Crippen LogP contribution in [0.4, 0.5) is 5.69 Å². The molecule has 0 radical (unpaired) electrons. The third-order valence-electron chi connectivity index (χ3n) is 6.04. The van der Waals surface area contributed by atoms with Gasteiger partial charge in [0, 0.05) is 17.8 Å². The molecule has 0 bridgehead atoms. The molecule has 1 N–H and O–H groups in total. The average molecular weight is 432 g/mol. The van der Waals surface area contributed by atoms with Crippen LogP contribution in [0.2, 0.25) is 0 Å². The van der Waals surface area contributed by atoms with Gasteiger partial charge < -0.3 is 9.73 Å². The van der Waals surface area contributed by atoms with Gasteiger partial charge in [-0.15, -0.1) is 11.3 Å². The third-order valence-corrected chi connectivity index (χ3v) is 6.91. The normalized spacial score (nSPS) is 16.4. The fraction of sp³-hybridized carbons (Fsp3) is 0.280. The molecule has 4 heterocycles. The van der Waals surface area contributed by atoms with E-state index in [0.29, 0.717) is 4.88 Å². The molecule has 5 nitrogen and oxygen atoms in total. The van der Waals surface area contributed by atoms with Crippen molar-refractivity contribution in [2.24, 2.45) is 5.92 Å². The first kappa shape index (κ1) is 20.0. The number of para-hydroxylation sites is 1. The van der Waals surface area contributed by atoms with Crippen LogP contribution < -0.4 is 5.32 Å². The Morgan fingerprint density at radius 1 is 1.16 bits per heavy atom. The fourth-order valence-electron chi connectivity index (χ4n) is 4.32. The molecule has 1 aliphatic rings. The molecule has 0 saturated carbocycles. The number of carbonyl (C=O) groups excluding carboxylic acids is 1. The highest BCUT2D eigenvalue weighted by molar-refractivity contribution is 7.12. The summed E-state index contributed by atoms with van der Waals surface area (Å²) in [6.07, 6.45) is 5.99. The van der Waals surface area contributed by atoms with Gasteiger partial charge in [-0.3, -0.25) is 14.7 Å². The second kappa shape index (κ2) is 8.65. The van der Waals surface area contributed by atoms with Gasteiger partial charge in [-0.25, -0.2) is 0 Å². The van der Waals surface area contributed by atoms with E-state index in [1.165, 1.54) is 11.3 Å². The highest BCUT2D eigenvalue weighted by atomic mass is 32.1. The van der Waals surface area contributed by atoms with Crippen molar-refractivity contribution >= 4 is 33.9 Å². The van der Waals surface area contributed by atoms with E-state index in [9.17, 15) is 4.79 Å². The van der Waals surface area contributed by atoms with Crippen LogP contribution in [0.15, 0.2) is 70.7 Å². The van der Waals surface area contributed by atoms with Gasteiger partial charge in [-0.05, 0) is 67.1 Å². The van der Waals surface area contributed by atoms with Gasteiger partial charge in [-0.2, -0.15) is 0 Å². The number of amides is 1. The third kappa shape index (κ3) is 4.01.